The van der Waals surface area contributed by atoms with Crippen LogP contribution in [0.1, 0.15) is 22.9 Å². The van der Waals surface area contributed by atoms with Gasteiger partial charge in [-0.15, -0.1) is 0 Å². The van der Waals surface area contributed by atoms with Gasteiger partial charge in [-0.1, -0.05) is 0 Å². The molecule has 0 unspecified atom stereocenters. The van der Waals surface area contributed by atoms with Crippen molar-refractivity contribution in [1.29, 1.82) is 0 Å². The third-order valence-electron chi connectivity index (χ3n) is 2.69. The van der Waals surface area contributed by atoms with Crippen LogP contribution in [0.25, 0.3) is 0 Å². The molecule has 0 aromatic carbocycles. The summed E-state index contributed by atoms with van der Waals surface area (Å²) in [5.74, 6) is -1.42. The molecule has 5 nitrogen and oxygen atoms in total. The molecule has 0 aliphatic heterocycles. The lowest BCUT2D eigenvalue weighted by Crippen LogP contribution is -2.16. The van der Waals surface area contributed by atoms with Gasteiger partial charge < -0.3 is 5.73 Å². The number of nitrogens with two attached hydrogens (primary N) is 1. The summed E-state index contributed by atoms with van der Waals surface area (Å²) in [7, 11) is 1.75. The smallest absolute Gasteiger partial charge is 0.330 e. The first-order valence-corrected chi connectivity index (χ1v) is 5.49. The molecule has 2 heterocycles. The van der Waals surface area contributed by atoms with Crippen molar-refractivity contribution >= 4 is 0 Å². The standard InChI is InChI=1S/C11H12F3N5/c1-19-6-8(5-18-19)9(2-15)7-3-16-10(17-4-7)11(12,13)14/h3-6,9H,2,15H2,1H3/t9-/m0/s1. The van der Waals surface area contributed by atoms with Crippen LogP contribution in [0.4, 0.5) is 13.2 Å². The van der Waals surface area contributed by atoms with E-state index < -0.39 is 12.0 Å². The molecule has 2 rings (SSSR count). The van der Waals surface area contributed by atoms with E-state index in [1.165, 1.54) is 0 Å². The summed E-state index contributed by atoms with van der Waals surface area (Å²) in [5.41, 5.74) is 7.00. The Morgan fingerprint density at radius 3 is 2.26 bits per heavy atom. The summed E-state index contributed by atoms with van der Waals surface area (Å²) >= 11 is 0. The predicted molar refractivity (Wildman–Crippen MR) is 61.1 cm³/mol. The lowest BCUT2D eigenvalue weighted by Gasteiger charge is -2.13. The minimum absolute atomic E-state index is 0.237. The van der Waals surface area contributed by atoms with Crippen molar-refractivity contribution < 1.29 is 13.2 Å². The van der Waals surface area contributed by atoms with Gasteiger partial charge in [0, 0.05) is 38.1 Å². The molecule has 2 N–H and O–H groups in total. The first kappa shape index (κ1) is 13.5. The molecule has 0 fully saturated rings. The lowest BCUT2D eigenvalue weighted by molar-refractivity contribution is -0.145. The number of aryl methyl sites for hydroxylation is 1. The maximum absolute atomic E-state index is 12.4. The lowest BCUT2D eigenvalue weighted by atomic mass is 9.96. The van der Waals surface area contributed by atoms with Crippen LogP contribution in [0.2, 0.25) is 0 Å². The van der Waals surface area contributed by atoms with Crippen LogP contribution < -0.4 is 5.73 Å². The molecule has 0 aliphatic rings. The third-order valence-corrected chi connectivity index (χ3v) is 2.69. The first-order valence-electron chi connectivity index (χ1n) is 5.49. The molecule has 0 saturated carbocycles. The van der Waals surface area contributed by atoms with E-state index >= 15 is 0 Å². The molecule has 19 heavy (non-hydrogen) atoms. The van der Waals surface area contributed by atoms with Crippen LogP contribution in [-0.4, -0.2) is 26.3 Å². The van der Waals surface area contributed by atoms with Crippen molar-refractivity contribution in [2.24, 2.45) is 12.8 Å². The highest BCUT2D eigenvalue weighted by molar-refractivity contribution is 5.27. The van der Waals surface area contributed by atoms with Gasteiger partial charge in [0.2, 0.25) is 5.82 Å². The van der Waals surface area contributed by atoms with Crippen molar-refractivity contribution in [2.75, 3.05) is 6.54 Å². The van der Waals surface area contributed by atoms with Gasteiger partial charge in [-0.05, 0) is 11.1 Å². The molecule has 0 aliphatic carbocycles. The first-order chi connectivity index (χ1) is 8.91. The number of hydrogen-bond donors (Lipinski definition) is 1. The van der Waals surface area contributed by atoms with Crippen molar-refractivity contribution in [3.05, 3.63) is 41.7 Å². The summed E-state index contributed by atoms with van der Waals surface area (Å²) in [6, 6.07) is 0. The van der Waals surface area contributed by atoms with Gasteiger partial charge in [-0.3, -0.25) is 4.68 Å². The van der Waals surface area contributed by atoms with Crippen molar-refractivity contribution in [3.63, 3.8) is 0 Å². The van der Waals surface area contributed by atoms with Gasteiger partial charge in [-0.2, -0.15) is 18.3 Å². The zero-order chi connectivity index (χ0) is 14.0. The largest absolute Gasteiger partial charge is 0.451 e. The van der Waals surface area contributed by atoms with Gasteiger partial charge in [0.1, 0.15) is 0 Å². The van der Waals surface area contributed by atoms with Crippen LogP contribution in [0.15, 0.2) is 24.8 Å². The summed E-state index contributed by atoms with van der Waals surface area (Å²) in [5, 5.41) is 4.01. The molecule has 0 amide bonds. The number of halogens is 3. The van der Waals surface area contributed by atoms with Gasteiger partial charge in [0.05, 0.1) is 6.20 Å². The highest BCUT2D eigenvalue weighted by Crippen LogP contribution is 2.27. The molecule has 102 valence electrons. The number of rotatable bonds is 3. The zero-order valence-electron chi connectivity index (χ0n) is 10.1. The van der Waals surface area contributed by atoms with Crippen molar-refractivity contribution in [3.8, 4) is 0 Å². The molecular formula is C11H12F3N5. The molecule has 8 heteroatoms. The van der Waals surface area contributed by atoms with Gasteiger partial charge in [0.15, 0.2) is 0 Å². The van der Waals surface area contributed by atoms with Crippen LogP contribution in [0, 0.1) is 0 Å². The highest BCUT2D eigenvalue weighted by Gasteiger charge is 2.34. The van der Waals surface area contributed by atoms with Gasteiger partial charge in [0.25, 0.3) is 0 Å². The van der Waals surface area contributed by atoms with E-state index in [2.05, 4.69) is 15.1 Å². The SMILES string of the molecule is Cn1cc([C@@H](CN)c2cnc(C(F)(F)F)nc2)cn1. The zero-order valence-corrected chi connectivity index (χ0v) is 10.1. The Kier molecular flexibility index (Phi) is 3.52. The molecular weight excluding hydrogens is 259 g/mol. The topological polar surface area (TPSA) is 69.6 Å². The van der Waals surface area contributed by atoms with Gasteiger partial charge in [-0.25, -0.2) is 9.97 Å². The third kappa shape index (κ3) is 2.90. The Morgan fingerprint density at radius 1 is 1.21 bits per heavy atom. The second-order valence-electron chi connectivity index (χ2n) is 4.07. The molecule has 0 bridgehead atoms. The molecule has 0 radical (unpaired) electrons. The van der Waals surface area contributed by atoms with Crippen LogP contribution >= 0.6 is 0 Å². The predicted octanol–water partition coefficient (Wildman–Crippen LogP) is 1.32. The van der Waals surface area contributed by atoms with E-state index in [1.807, 2.05) is 0 Å². The Bertz CT molecular complexity index is 546. The molecule has 0 spiro atoms. The van der Waals surface area contributed by atoms with E-state index in [-0.39, 0.29) is 12.5 Å². The molecule has 0 saturated heterocycles. The maximum Gasteiger partial charge on any atom is 0.451 e. The van der Waals surface area contributed by atoms with Crippen LogP contribution in [0.5, 0.6) is 0 Å². The summed E-state index contributed by atoms with van der Waals surface area (Å²) < 4.78 is 38.7. The Labute approximate surface area is 107 Å². The Hall–Kier alpha value is -1.96. The average molecular weight is 271 g/mol. The normalized spacial score (nSPS) is 13.5. The van der Waals surface area contributed by atoms with E-state index in [1.54, 1.807) is 24.1 Å². The fourth-order valence-electron chi connectivity index (χ4n) is 1.75. The van der Waals surface area contributed by atoms with E-state index in [0.29, 0.717) is 5.56 Å². The average Bonchev–Trinajstić information content (AvgIpc) is 2.76. The summed E-state index contributed by atoms with van der Waals surface area (Å²) in [4.78, 5) is 6.66. The van der Waals surface area contributed by atoms with E-state index in [4.69, 9.17) is 5.73 Å². The minimum Gasteiger partial charge on any atom is -0.330 e. The second-order valence-corrected chi connectivity index (χ2v) is 4.07. The minimum atomic E-state index is -4.54. The van der Waals surface area contributed by atoms with E-state index in [0.717, 1.165) is 18.0 Å². The maximum atomic E-state index is 12.4. The quantitative estimate of drug-likeness (QED) is 0.914. The molecule has 1 atom stereocenters. The summed E-state index contributed by atoms with van der Waals surface area (Å²) in [6.07, 6.45) is 1.15. The van der Waals surface area contributed by atoms with Crippen molar-refractivity contribution in [1.82, 2.24) is 19.7 Å². The number of hydrogen-bond acceptors (Lipinski definition) is 4. The number of alkyl halides is 3. The van der Waals surface area contributed by atoms with Crippen LogP contribution in [-0.2, 0) is 13.2 Å². The molecule has 2 aromatic rings. The highest BCUT2D eigenvalue weighted by atomic mass is 19.4. The second kappa shape index (κ2) is 4.96. The van der Waals surface area contributed by atoms with E-state index in [9.17, 15) is 13.2 Å². The monoisotopic (exact) mass is 271 g/mol. The van der Waals surface area contributed by atoms with Crippen LogP contribution in [0.3, 0.4) is 0 Å². The molecule has 2 aromatic heterocycles. The Morgan fingerprint density at radius 2 is 1.84 bits per heavy atom. The Balaban J connectivity index is 2.30. The number of aromatic nitrogens is 4. The van der Waals surface area contributed by atoms with Crippen molar-refractivity contribution in [2.45, 2.75) is 12.1 Å². The number of nitrogens with zero attached hydrogens (tertiary/aromatic N) is 4. The summed E-state index contributed by atoms with van der Waals surface area (Å²) in [6.45, 7) is 0.237. The fourth-order valence-corrected chi connectivity index (χ4v) is 1.75. The fraction of sp³-hybridized carbons (Fsp3) is 0.364. The van der Waals surface area contributed by atoms with Gasteiger partial charge >= 0.3 is 6.18 Å².